The third-order valence-corrected chi connectivity index (χ3v) is 4.65. The van der Waals surface area contributed by atoms with Crippen LogP contribution in [0.25, 0.3) is 0 Å². The van der Waals surface area contributed by atoms with E-state index in [2.05, 4.69) is 5.32 Å². The number of amides is 4. The number of nitrogens with one attached hydrogen (secondary N) is 1. The molecule has 0 saturated carbocycles. The zero-order chi connectivity index (χ0) is 22.1. The molecule has 0 radical (unpaired) electrons. The van der Waals surface area contributed by atoms with E-state index in [1.54, 1.807) is 12.1 Å². The van der Waals surface area contributed by atoms with Crippen LogP contribution in [0.3, 0.4) is 0 Å². The average molecular weight is 417 g/mol. The van der Waals surface area contributed by atoms with E-state index in [1.165, 1.54) is 4.90 Å². The molecule has 9 heteroatoms. The van der Waals surface area contributed by atoms with Gasteiger partial charge in [0.1, 0.15) is 0 Å². The number of carbonyl (C=O) groups excluding carboxylic acids is 5. The van der Waals surface area contributed by atoms with Gasteiger partial charge in [-0.15, -0.1) is 0 Å². The second kappa shape index (κ2) is 11.1. The van der Waals surface area contributed by atoms with Gasteiger partial charge in [-0.1, -0.05) is 25.1 Å². The van der Waals surface area contributed by atoms with Crippen molar-refractivity contribution in [2.75, 3.05) is 31.6 Å². The zero-order valence-electron chi connectivity index (χ0n) is 17.3. The number of carbonyl (C=O) groups is 5. The lowest BCUT2D eigenvalue weighted by atomic mass is 10.2. The number of rotatable bonds is 10. The fraction of sp³-hybridized carbons (Fsp3) is 0.476. The summed E-state index contributed by atoms with van der Waals surface area (Å²) in [6.45, 7) is 3.37. The quantitative estimate of drug-likeness (QED) is 0.453. The Kier molecular flexibility index (Phi) is 8.52. The van der Waals surface area contributed by atoms with E-state index >= 15 is 0 Å². The maximum Gasteiger partial charge on any atom is 0.308 e. The Labute approximate surface area is 175 Å². The molecule has 1 fully saturated rings. The Morgan fingerprint density at radius 3 is 2.43 bits per heavy atom. The Morgan fingerprint density at radius 2 is 1.80 bits per heavy atom. The molecule has 162 valence electrons. The number of benzene rings is 1. The molecule has 1 aromatic carbocycles. The summed E-state index contributed by atoms with van der Waals surface area (Å²) in [6, 6.07) is 7.31. The monoisotopic (exact) mass is 417 g/mol. The molecule has 0 bridgehead atoms. The highest BCUT2D eigenvalue weighted by molar-refractivity contribution is 6.02. The first kappa shape index (κ1) is 23.1. The number of anilines is 1. The number of likely N-dealkylation sites (tertiary alicyclic amines) is 1. The zero-order valence-corrected chi connectivity index (χ0v) is 17.3. The smallest absolute Gasteiger partial charge is 0.308 e. The van der Waals surface area contributed by atoms with Crippen LogP contribution >= 0.6 is 0 Å². The minimum Gasteiger partial charge on any atom is -0.456 e. The maximum absolute atomic E-state index is 12.4. The van der Waals surface area contributed by atoms with Gasteiger partial charge in [0, 0.05) is 31.6 Å². The van der Waals surface area contributed by atoms with E-state index in [1.807, 2.05) is 26.0 Å². The molecule has 1 aliphatic rings. The molecule has 0 aromatic heterocycles. The van der Waals surface area contributed by atoms with Crippen molar-refractivity contribution >= 4 is 35.3 Å². The van der Waals surface area contributed by atoms with Gasteiger partial charge in [-0.3, -0.25) is 28.9 Å². The standard InChI is InChI=1S/C21H27N3O6/c1-3-11-23(13-17(25)22-16-7-5-4-6-15(16)2)20(28)14-30-21(29)10-12-24-18(26)8-9-19(24)27/h4-7H,3,8-14H2,1-2H3,(H,22,25). The van der Waals surface area contributed by atoms with Crippen LogP contribution in [0.1, 0.15) is 38.2 Å². The molecule has 1 aromatic rings. The molecule has 4 amide bonds. The van der Waals surface area contributed by atoms with Crippen molar-refractivity contribution in [1.82, 2.24) is 9.80 Å². The van der Waals surface area contributed by atoms with Gasteiger partial charge in [0.2, 0.25) is 17.7 Å². The highest BCUT2D eigenvalue weighted by Crippen LogP contribution is 2.13. The summed E-state index contributed by atoms with van der Waals surface area (Å²) in [7, 11) is 0. The average Bonchev–Trinajstić information content (AvgIpc) is 3.03. The van der Waals surface area contributed by atoms with Crippen LogP contribution in [0.5, 0.6) is 0 Å². The molecule has 2 rings (SSSR count). The van der Waals surface area contributed by atoms with Crippen LogP contribution < -0.4 is 5.32 Å². The summed E-state index contributed by atoms with van der Waals surface area (Å²) in [6.07, 6.45) is 0.772. The summed E-state index contributed by atoms with van der Waals surface area (Å²) in [5.74, 6) is -2.13. The SMILES string of the molecule is CCCN(CC(=O)Nc1ccccc1C)C(=O)COC(=O)CCN1C(=O)CCC1=O. The Hall–Kier alpha value is -3.23. The van der Waals surface area contributed by atoms with Crippen molar-refractivity contribution in [1.29, 1.82) is 0 Å². The Bertz CT molecular complexity index is 807. The Balaban J connectivity index is 1.80. The first-order chi connectivity index (χ1) is 14.3. The minimum atomic E-state index is -0.684. The minimum absolute atomic E-state index is 0.0534. The van der Waals surface area contributed by atoms with Crippen molar-refractivity contribution in [3.05, 3.63) is 29.8 Å². The number of hydrogen-bond donors (Lipinski definition) is 1. The largest absolute Gasteiger partial charge is 0.456 e. The van der Waals surface area contributed by atoms with Crippen molar-refractivity contribution in [2.24, 2.45) is 0 Å². The highest BCUT2D eigenvalue weighted by Gasteiger charge is 2.29. The van der Waals surface area contributed by atoms with E-state index in [0.717, 1.165) is 10.5 Å². The summed E-state index contributed by atoms with van der Waals surface area (Å²) in [5, 5.41) is 2.77. The fourth-order valence-corrected chi connectivity index (χ4v) is 3.02. The second-order valence-corrected chi connectivity index (χ2v) is 7.03. The van der Waals surface area contributed by atoms with Crippen molar-refractivity contribution < 1.29 is 28.7 Å². The third kappa shape index (κ3) is 6.68. The number of imide groups is 1. The number of ether oxygens (including phenoxy) is 1. The van der Waals surface area contributed by atoms with Crippen LogP contribution in [0.4, 0.5) is 5.69 Å². The highest BCUT2D eigenvalue weighted by atomic mass is 16.5. The van der Waals surface area contributed by atoms with E-state index < -0.39 is 18.5 Å². The van der Waals surface area contributed by atoms with Crippen LogP contribution in [0.15, 0.2) is 24.3 Å². The lowest BCUT2D eigenvalue weighted by molar-refractivity contribution is -0.153. The van der Waals surface area contributed by atoms with Gasteiger partial charge in [-0.25, -0.2) is 0 Å². The van der Waals surface area contributed by atoms with Crippen LogP contribution in [-0.2, 0) is 28.7 Å². The topological polar surface area (TPSA) is 113 Å². The van der Waals surface area contributed by atoms with Gasteiger partial charge < -0.3 is 15.0 Å². The molecular weight excluding hydrogens is 390 g/mol. The van der Waals surface area contributed by atoms with Crippen LogP contribution in [0.2, 0.25) is 0 Å². The molecule has 9 nitrogen and oxygen atoms in total. The number of esters is 1. The van der Waals surface area contributed by atoms with Crippen LogP contribution in [-0.4, -0.2) is 65.6 Å². The normalized spacial score (nSPS) is 13.3. The van der Waals surface area contributed by atoms with E-state index in [-0.39, 0.29) is 50.1 Å². The molecule has 0 spiro atoms. The number of nitrogens with zero attached hydrogens (tertiary/aromatic N) is 2. The van der Waals surface area contributed by atoms with Crippen molar-refractivity contribution in [3.8, 4) is 0 Å². The predicted octanol–water partition coefficient (Wildman–Crippen LogP) is 1.25. The maximum atomic E-state index is 12.4. The molecule has 1 saturated heterocycles. The summed E-state index contributed by atoms with van der Waals surface area (Å²) in [4.78, 5) is 62.0. The van der Waals surface area contributed by atoms with Gasteiger partial charge >= 0.3 is 5.97 Å². The summed E-state index contributed by atoms with van der Waals surface area (Å²) in [5.41, 5.74) is 1.58. The van der Waals surface area contributed by atoms with Gasteiger partial charge in [-0.2, -0.15) is 0 Å². The van der Waals surface area contributed by atoms with E-state index in [9.17, 15) is 24.0 Å². The lowest BCUT2D eigenvalue weighted by Crippen LogP contribution is -2.41. The molecule has 0 unspecified atom stereocenters. The van der Waals surface area contributed by atoms with Crippen molar-refractivity contribution in [3.63, 3.8) is 0 Å². The van der Waals surface area contributed by atoms with Gasteiger partial charge in [-0.05, 0) is 25.0 Å². The van der Waals surface area contributed by atoms with E-state index in [4.69, 9.17) is 4.74 Å². The molecule has 1 N–H and O–H groups in total. The number of aryl methyl sites for hydroxylation is 1. The molecular formula is C21H27N3O6. The predicted molar refractivity (Wildman–Crippen MR) is 108 cm³/mol. The molecule has 0 aliphatic carbocycles. The molecule has 30 heavy (non-hydrogen) atoms. The first-order valence-electron chi connectivity index (χ1n) is 9.94. The third-order valence-electron chi connectivity index (χ3n) is 4.65. The summed E-state index contributed by atoms with van der Waals surface area (Å²) < 4.78 is 4.97. The van der Waals surface area contributed by atoms with Gasteiger partial charge in [0.25, 0.3) is 5.91 Å². The molecule has 1 heterocycles. The van der Waals surface area contributed by atoms with Gasteiger partial charge in [0.15, 0.2) is 6.61 Å². The van der Waals surface area contributed by atoms with Crippen LogP contribution in [0, 0.1) is 6.92 Å². The number of para-hydroxylation sites is 1. The van der Waals surface area contributed by atoms with Crippen molar-refractivity contribution in [2.45, 2.75) is 39.5 Å². The van der Waals surface area contributed by atoms with E-state index in [0.29, 0.717) is 18.7 Å². The Morgan fingerprint density at radius 1 is 1.13 bits per heavy atom. The van der Waals surface area contributed by atoms with Gasteiger partial charge in [0.05, 0.1) is 13.0 Å². The number of hydrogen-bond acceptors (Lipinski definition) is 6. The fourth-order valence-electron chi connectivity index (χ4n) is 3.02. The lowest BCUT2D eigenvalue weighted by Gasteiger charge is -2.22. The summed E-state index contributed by atoms with van der Waals surface area (Å²) >= 11 is 0. The second-order valence-electron chi connectivity index (χ2n) is 7.03. The first-order valence-corrected chi connectivity index (χ1v) is 9.94. The molecule has 0 atom stereocenters. The molecule has 1 aliphatic heterocycles.